The molecule has 0 unspecified atom stereocenters. The number of nitrogens with zero attached hydrogens (tertiary/aromatic N) is 4. The Hall–Kier alpha value is -3.25. The standard InChI is InChI=1S/C19H14ClN5O/c1-12-15(9-13-8-14(20)6-7-16(13)23-12)19(26)24-17-4-2-3-5-18(17)25-11-21-10-22-25/h2-11H,1H3,(H,24,26). The van der Waals surface area contributed by atoms with Crippen molar-refractivity contribution in [1.29, 1.82) is 0 Å². The van der Waals surface area contributed by atoms with Gasteiger partial charge < -0.3 is 5.32 Å². The van der Waals surface area contributed by atoms with Crippen molar-refractivity contribution < 1.29 is 4.79 Å². The second-order valence-electron chi connectivity index (χ2n) is 5.77. The first-order valence-corrected chi connectivity index (χ1v) is 8.32. The molecule has 7 heteroatoms. The number of halogens is 1. The summed E-state index contributed by atoms with van der Waals surface area (Å²) in [4.78, 5) is 21.3. The summed E-state index contributed by atoms with van der Waals surface area (Å²) in [5.41, 5.74) is 3.30. The van der Waals surface area contributed by atoms with E-state index in [0.717, 1.165) is 16.6 Å². The number of para-hydroxylation sites is 2. The van der Waals surface area contributed by atoms with Gasteiger partial charge in [0.15, 0.2) is 0 Å². The third-order valence-corrected chi connectivity index (χ3v) is 4.26. The number of hydrogen-bond acceptors (Lipinski definition) is 4. The summed E-state index contributed by atoms with van der Waals surface area (Å²) < 4.78 is 1.60. The lowest BCUT2D eigenvalue weighted by molar-refractivity contribution is 0.102. The Morgan fingerprint density at radius 1 is 1.15 bits per heavy atom. The number of nitrogens with one attached hydrogen (secondary N) is 1. The highest BCUT2D eigenvalue weighted by molar-refractivity contribution is 6.31. The number of carbonyl (C=O) groups is 1. The fourth-order valence-electron chi connectivity index (χ4n) is 2.77. The van der Waals surface area contributed by atoms with Crippen molar-refractivity contribution in [2.24, 2.45) is 0 Å². The van der Waals surface area contributed by atoms with Gasteiger partial charge in [0, 0.05) is 10.4 Å². The molecule has 0 fully saturated rings. The number of pyridine rings is 1. The van der Waals surface area contributed by atoms with E-state index in [1.54, 1.807) is 29.2 Å². The second kappa shape index (κ2) is 6.57. The predicted molar refractivity (Wildman–Crippen MR) is 101 cm³/mol. The molecule has 2 heterocycles. The molecule has 0 aliphatic heterocycles. The maximum atomic E-state index is 12.9. The van der Waals surface area contributed by atoms with Gasteiger partial charge in [-0.15, -0.1) is 0 Å². The Morgan fingerprint density at radius 2 is 2.00 bits per heavy atom. The third kappa shape index (κ3) is 3.02. The van der Waals surface area contributed by atoms with Crippen LogP contribution in [0.15, 0.2) is 61.2 Å². The van der Waals surface area contributed by atoms with E-state index in [-0.39, 0.29) is 5.91 Å². The Balaban J connectivity index is 1.72. The van der Waals surface area contributed by atoms with Gasteiger partial charge in [-0.3, -0.25) is 9.78 Å². The minimum absolute atomic E-state index is 0.246. The summed E-state index contributed by atoms with van der Waals surface area (Å²) in [5, 5.41) is 8.48. The van der Waals surface area contributed by atoms with Crippen molar-refractivity contribution in [2.45, 2.75) is 6.92 Å². The van der Waals surface area contributed by atoms with Gasteiger partial charge in [0.25, 0.3) is 5.91 Å². The highest BCUT2D eigenvalue weighted by Gasteiger charge is 2.14. The maximum Gasteiger partial charge on any atom is 0.257 e. The van der Waals surface area contributed by atoms with E-state index < -0.39 is 0 Å². The van der Waals surface area contributed by atoms with Gasteiger partial charge in [-0.25, -0.2) is 9.67 Å². The molecule has 0 radical (unpaired) electrons. The van der Waals surface area contributed by atoms with E-state index in [1.165, 1.54) is 6.33 Å². The van der Waals surface area contributed by atoms with Crippen LogP contribution in [0.2, 0.25) is 5.02 Å². The molecule has 0 aliphatic carbocycles. The molecule has 0 saturated heterocycles. The second-order valence-corrected chi connectivity index (χ2v) is 6.21. The van der Waals surface area contributed by atoms with E-state index in [9.17, 15) is 4.79 Å². The van der Waals surface area contributed by atoms with Crippen molar-refractivity contribution in [3.05, 3.63) is 77.5 Å². The zero-order valence-electron chi connectivity index (χ0n) is 13.8. The lowest BCUT2D eigenvalue weighted by Crippen LogP contribution is -2.16. The zero-order chi connectivity index (χ0) is 18.1. The molecular weight excluding hydrogens is 350 g/mol. The quantitative estimate of drug-likeness (QED) is 0.596. The molecule has 0 atom stereocenters. The van der Waals surface area contributed by atoms with Crippen molar-refractivity contribution in [1.82, 2.24) is 19.7 Å². The average molecular weight is 364 g/mol. The van der Waals surface area contributed by atoms with E-state index in [0.29, 0.717) is 22.0 Å². The lowest BCUT2D eigenvalue weighted by atomic mass is 10.1. The number of amides is 1. The van der Waals surface area contributed by atoms with Crippen LogP contribution < -0.4 is 5.32 Å². The average Bonchev–Trinajstić information content (AvgIpc) is 3.16. The van der Waals surface area contributed by atoms with Crippen LogP contribution in [0.4, 0.5) is 5.69 Å². The highest BCUT2D eigenvalue weighted by Crippen LogP contribution is 2.23. The number of rotatable bonds is 3. The number of carbonyl (C=O) groups excluding carboxylic acids is 1. The summed E-state index contributed by atoms with van der Waals surface area (Å²) in [7, 11) is 0. The molecule has 26 heavy (non-hydrogen) atoms. The lowest BCUT2D eigenvalue weighted by Gasteiger charge is -2.12. The summed E-state index contributed by atoms with van der Waals surface area (Å²) in [6, 6.07) is 14.6. The van der Waals surface area contributed by atoms with Crippen LogP contribution in [0, 0.1) is 6.92 Å². The van der Waals surface area contributed by atoms with E-state index in [2.05, 4.69) is 20.4 Å². The summed E-state index contributed by atoms with van der Waals surface area (Å²) >= 11 is 6.05. The topological polar surface area (TPSA) is 72.7 Å². The molecule has 2 aromatic heterocycles. The number of fused-ring (bicyclic) bond motifs is 1. The van der Waals surface area contributed by atoms with Crippen LogP contribution in [-0.2, 0) is 0 Å². The first-order valence-electron chi connectivity index (χ1n) is 7.94. The number of aryl methyl sites for hydroxylation is 1. The molecule has 4 rings (SSSR count). The van der Waals surface area contributed by atoms with Crippen LogP contribution in [-0.4, -0.2) is 25.7 Å². The van der Waals surface area contributed by atoms with Crippen molar-refractivity contribution >= 4 is 34.1 Å². The zero-order valence-corrected chi connectivity index (χ0v) is 14.6. The molecule has 128 valence electrons. The molecule has 0 aliphatic rings. The van der Waals surface area contributed by atoms with Crippen LogP contribution in [0.1, 0.15) is 16.1 Å². The van der Waals surface area contributed by atoms with Crippen molar-refractivity contribution in [2.75, 3.05) is 5.32 Å². The van der Waals surface area contributed by atoms with Crippen LogP contribution in [0.3, 0.4) is 0 Å². The maximum absolute atomic E-state index is 12.9. The Kier molecular flexibility index (Phi) is 4.10. The van der Waals surface area contributed by atoms with Gasteiger partial charge >= 0.3 is 0 Å². The molecule has 0 saturated carbocycles. The van der Waals surface area contributed by atoms with E-state index >= 15 is 0 Å². The van der Waals surface area contributed by atoms with Gasteiger partial charge in [-0.05, 0) is 43.3 Å². The normalized spacial score (nSPS) is 10.8. The number of hydrogen-bond donors (Lipinski definition) is 1. The predicted octanol–water partition coefficient (Wildman–Crippen LogP) is 4.03. The van der Waals surface area contributed by atoms with Crippen LogP contribution >= 0.6 is 11.6 Å². The van der Waals surface area contributed by atoms with E-state index in [1.807, 2.05) is 37.3 Å². The SMILES string of the molecule is Cc1nc2ccc(Cl)cc2cc1C(=O)Nc1ccccc1-n1cncn1. The molecule has 4 aromatic rings. The van der Waals surface area contributed by atoms with Crippen LogP contribution in [0.25, 0.3) is 16.6 Å². The Bertz CT molecular complexity index is 1110. The Morgan fingerprint density at radius 3 is 2.81 bits per heavy atom. The minimum atomic E-state index is -0.246. The third-order valence-electron chi connectivity index (χ3n) is 4.03. The number of aromatic nitrogens is 4. The smallest absolute Gasteiger partial charge is 0.257 e. The highest BCUT2D eigenvalue weighted by atomic mass is 35.5. The fourth-order valence-corrected chi connectivity index (χ4v) is 2.96. The summed E-state index contributed by atoms with van der Waals surface area (Å²) in [6.45, 7) is 1.81. The summed E-state index contributed by atoms with van der Waals surface area (Å²) in [6.07, 6.45) is 3.02. The van der Waals surface area contributed by atoms with Crippen molar-refractivity contribution in [3.8, 4) is 5.69 Å². The van der Waals surface area contributed by atoms with Gasteiger partial charge in [0.05, 0.1) is 28.1 Å². The van der Waals surface area contributed by atoms with Crippen molar-refractivity contribution in [3.63, 3.8) is 0 Å². The van der Waals surface area contributed by atoms with Gasteiger partial charge in [-0.2, -0.15) is 5.10 Å². The molecule has 0 bridgehead atoms. The van der Waals surface area contributed by atoms with Gasteiger partial charge in [-0.1, -0.05) is 23.7 Å². The molecule has 6 nitrogen and oxygen atoms in total. The Labute approximate surface area is 154 Å². The van der Waals surface area contributed by atoms with Gasteiger partial charge in [0.1, 0.15) is 12.7 Å². The molecule has 0 spiro atoms. The van der Waals surface area contributed by atoms with Gasteiger partial charge in [0.2, 0.25) is 0 Å². The van der Waals surface area contributed by atoms with E-state index in [4.69, 9.17) is 11.6 Å². The fraction of sp³-hybridized carbons (Fsp3) is 0.0526. The molecule has 1 N–H and O–H groups in total. The number of anilines is 1. The molecule has 2 aromatic carbocycles. The number of benzene rings is 2. The minimum Gasteiger partial charge on any atom is -0.320 e. The van der Waals surface area contributed by atoms with Crippen LogP contribution in [0.5, 0.6) is 0 Å². The first kappa shape index (κ1) is 16.2. The monoisotopic (exact) mass is 363 g/mol. The first-order chi connectivity index (χ1) is 12.6. The molecular formula is C19H14ClN5O. The largest absolute Gasteiger partial charge is 0.320 e. The molecule has 1 amide bonds. The summed E-state index contributed by atoms with van der Waals surface area (Å²) in [5.74, 6) is -0.246.